The number of aliphatic carboxylic acids is 1. The summed E-state index contributed by atoms with van der Waals surface area (Å²) in [5.74, 6) is -2.05. The molecule has 0 aliphatic heterocycles. The summed E-state index contributed by atoms with van der Waals surface area (Å²) in [5.41, 5.74) is 0. The fourth-order valence-electron chi connectivity index (χ4n) is 2.07. The first-order valence-electron chi connectivity index (χ1n) is 6.00. The van der Waals surface area contributed by atoms with Crippen LogP contribution in [0.2, 0.25) is 0 Å². The Hall–Kier alpha value is -1.50. The van der Waals surface area contributed by atoms with Crippen LogP contribution in [0.4, 0.5) is 5.13 Å². The van der Waals surface area contributed by atoms with E-state index in [9.17, 15) is 14.7 Å². The monoisotopic (exact) mass is 266 g/mol. The van der Waals surface area contributed by atoms with Gasteiger partial charge in [-0.3, -0.25) is 4.79 Å². The molecule has 0 bridgehead atoms. The third-order valence-electron chi connectivity index (χ3n) is 3.51. The van der Waals surface area contributed by atoms with Gasteiger partial charge in [0.2, 0.25) is 11.0 Å². The third kappa shape index (κ3) is 2.10. The lowest BCUT2D eigenvalue weighted by molar-refractivity contribution is -0.316. The average Bonchev–Trinajstić information content (AvgIpc) is 2.98. The van der Waals surface area contributed by atoms with E-state index in [-0.39, 0.29) is 5.91 Å². The van der Waals surface area contributed by atoms with E-state index in [1.165, 1.54) is 11.3 Å². The van der Waals surface area contributed by atoms with Crippen molar-refractivity contribution in [3.05, 3.63) is 5.01 Å². The number of carbonyl (C=O) groups excluding carboxylic acids is 2. The zero-order valence-electron chi connectivity index (χ0n) is 9.59. The lowest BCUT2D eigenvalue weighted by Crippen LogP contribution is -2.46. The number of rotatable bonds is 4. The summed E-state index contributed by atoms with van der Waals surface area (Å²) in [6, 6.07) is 0. The van der Waals surface area contributed by atoms with Crippen molar-refractivity contribution in [2.45, 2.75) is 31.6 Å². The van der Waals surface area contributed by atoms with Crippen LogP contribution in [0.3, 0.4) is 0 Å². The van der Waals surface area contributed by atoms with Crippen LogP contribution in [0.5, 0.6) is 0 Å². The molecule has 2 atom stereocenters. The Morgan fingerprint density at radius 3 is 2.44 bits per heavy atom. The first-order chi connectivity index (χ1) is 8.65. The second-order valence-corrected chi connectivity index (χ2v) is 5.83. The van der Waals surface area contributed by atoms with Crippen molar-refractivity contribution < 1.29 is 14.7 Å². The summed E-state index contributed by atoms with van der Waals surface area (Å²) < 4.78 is 0. The predicted molar refractivity (Wildman–Crippen MR) is 61.7 cm³/mol. The lowest BCUT2D eigenvalue weighted by atomic mass is 9.73. The minimum absolute atomic E-state index is 0.283. The zero-order chi connectivity index (χ0) is 12.7. The molecule has 7 heteroatoms. The number of amides is 1. The van der Waals surface area contributed by atoms with Crippen molar-refractivity contribution in [3.8, 4) is 0 Å². The minimum Gasteiger partial charge on any atom is -0.550 e. The maximum Gasteiger partial charge on any atom is 0.229 e. The molecule has 2 aliphatic rings. The Labute approximate surface area is 107 Å². The molecule has 0 aromatic carbocycles. The number of aromatic nitrogens is 2. The van der Waals surface area contributed by atoms with Crippen molar-refractivity contribution in [1.29, 1.82) is 0 Å². The van der Waals surface area contributed by atoms with Crippen LogP contribution in [0.15, 0.2) is 0 Å². The molecule has 0 spiro atoms. The third-order valence-corrected chi connectivity index (χ3v) is 4.51. The average molecular weight is 266 g/mol. The molecule has 1 N–H and O–H groups in total. The Balaban J connectivity index is 1.61. The van der Waals surface area contributed by atoms with Crippen molar-refractivity contribution in [3.63, 3.8) is 0 Å². The van der Waals surface area contributed by atoms with Crippen LogP contribution in [-0.4, -0.2) is 22.1 Å². The molecular weight excluding hydrogens is 254 g/mol. The number of nitrogens with one attached hydrogen (secondary N) is 1. The van der Waals surface area contributed by atoms with Gasteiger partial charge >= 0.3 is 0 Å². The smallest absolute Gasteiger partial charge is 0.229 e. The first-order valence-corrected chi connectivity index (χ1v) is 6.82. The number of carbonyl (C=O) groups is 2. The molecule has 96 valence electrons. The second kappa shape index (κ2) is 4.31. The molecule has 1 heterocycles. The molecular formula is C11H12N3O3S-. The molecule has 6 nitrogen and oxygen atoms in total. The van der Waals surface area contributed by atoms with Crippen molar-refractivity contribution in [2.24, 2.45) is 11.8 Å². The van der Waals surface area contributed by atoms with E-state index >= 15 is 0 Å². The second-order valence-electron chi connectivity index (χ2n) is 4.82. The van der Waals surface area contributed by atoms with Crippen LogP contribution in [-0.2, 0) is 9.59 Å². The molecule has 0 saturated heterocycles. The summed E-state index contributed by atoms with van der Waals surface area (Å²) in [5, 5.41) is 22.7. The van der Waals surface area contributed by atoms with E-state index in [1.54, 1.807) is 0 Å². The van der Waals surface area contributed by atoms with E-state index in [1.807, 2.05) is 0 Å². The number of carboxylic acids is 1. The van der Waals surface area contributed by atoms with Gasteiger partial charge in [0.05, 0.1) is 0 Å². The van der Waals surface area contributed by atoms with Crippen molar-refractivity contribution in [2.75, 3.05) is 5.32 Å². The first kappa shape index (κ1) is 11.6. The fraction of sp³-hybridized carbons (Fsp3) is 0.636. The number of hydrogen-bond acceptors (Lipinski definition) is 6. The van der Waals surface area contributed by atoms with E-state index in [4.69, 9.17) is 0 Å². The van der Waals surface area contributed by atoms with Gasteiger partial charge in [0.1, 0.15) is 5.01 Å². The highest BCUT2D eigenvalue weighted by Gasteiger charge is 2.38. The highest BCUT2D eigenvalue weighted by molar-refractivity contribution is 7.15. The maximum atomic E-state index is 11.8. The molecule has 1 aromatic heterocycles. The quantitative estimate of drug-likeness (QED) is 0.835. The standard InChI is InChI=1S/C11H13N3O3S/c15-8(6-3-4-7(6)10(16)17)12-11-14-13-9(18-11)5-1-2-5/h5-7H,1-4H2,(H,16,17)(H,12,14,15)/p-1/t6-,7-/m0/s1. The Kier molecular flexibility index (Phi) is 2.77. The summed E-state index contributed by atoms with van der Waals surface area (Å²) in [6.07, 6.45) is 3.39. The van der Waals surface area contributed by atoms with Gasteiger partial charge in [0.15, 0.2) is 0 Å². The van der Waals surface area contributed by atoms with Crippen LogP contribution < -0.4 is 10.4 Å². The van der Waals surface area contributed by atoms with Gasteiger partial charge in [0.25, 0.3) is 0 Å². The van der Waals surface area contributed by atoms with E-state index in [0.717, 1.165) is 17.8 Å². The molecule has 2 fully saturated rings. The van der Waals surface area contributed by atoms with E-state index in [0.29, 0.717) is 23.9 Å². The molecule has 3 rings (SSSR count). The van der Waals surface area contributed by atoms with Crippen LogP contribution in [0, 0.1) is 11.8 Å². The summed E-state index contributed by atoms with van der Waals surface area (Å²) in [6.45, 7) is 0. The molecule has 1 aromatic rings. The normalized spacial score (nSPS) is 26.4. The maximum absolute atomic E-state index is 11.8. The highest BCUT2D eigenvalue weighted by atomic mass is 32.1. The summed E-state index contributed by atoms with van der Waals surface area (Å²) in [4.78, 5) is 22.6. The van der Waals surface area contributed by atoms with Crippen molar-refractivity contribution in [1.82, 2.24) is 10.2 Å². The predicted octanol–water partition coefficient (Wildman–Crippen LogP) is 0.130. The van der Waals surface area contributed by atoms with Gasteiger partial charge in [-0.05, 0) is 25.7 Å². The Morgan fingerprint density at radius 1 is 1.17 bits per heavy atom. The minimum atomic E-state index is -1.14. The van der Waals surface area contributed by atoms with Gasteiger partial charge in [-0.25, -0.2) is 0 Å². The van der Waals surface area contributed by atoms with Gasteiger partial charge in [-0.15, -0.1) is 10.2 Å². The highest BCUT2D eigenvalue weighted by Crippen LogP contribution is 2.42. The molecule has 0 unspecified atom stereocenters. The van der Waals surface area contributed by atoms with E-state index < -0.39 is 17.8 Å². The number of nitrogens with zero attached hydrogens (tertiary/aromatic N) is 2. The summed E-state index contributed by atoms with van der Waals surface area (Å²) >= 11 is 1.38. The van der Waals surface area contributed by atoms with Crippen LogP contribution >= 0.6 is 11.3 Å². The molecule has 1 amide bonds. The Morgan fingerprint density at radius 2 is 1.89 bits per heavy atom. The topological polar surface area (TPSA) is 95.0 Å². The largest absolute Gasteiger partial charge is 0.550 e. The van der Waals surface area contributed by atoms with Gasteiger partial charge in [0, 0.05) is 23.7 Å². The molecule has 0 radical (unpaired) electrons. The van der Waals surface area contributed by atoms with Gasteiger partial charge < -0.3 is 15.2 Å². The van der Waals surface area contributed by atoms with E-state index in [2.05, 4.69) is 15.5 Å². The van der Waals surface area contributed by atoms with Gasteiger partial charge in [-0.2, -0.15) is 0 Å². The summed E-state index contributed by atoms with van der Waals surface area (Å²) in [7, 11) is 0. The number of hydrogen-bond donors (Lipinski definition) is 1. The molecule has 2 saturated carbocycles. The fourth-order valence-corrected chi connectivity index (χ4v) is 2.99. The van der Waals surface area contributed by atoms with Crippen molar-refractivity contribution >= 4 is 28.3 Å². The molecule has 2 aliphatic carbocycles. The SMILES string of the molecule is O=C([O-])[C@H]1CC[C@@H]1C(=O)Nc1nnc(C2CC2)s1. The molecule has 18 heavy (non-hydrogen) atoms. The number of anilines is 1. The zero-order valence-corrected chi connectivity index (χ0v) is 10.4. The lowest BCUT2D eigenvalue weighted by Gasteiger charge is -2.35. The Bertz CT molecular complexity index is 497. The van der Waals surface area contributed by atoms with Crippen LogP contribution in [0.25, 0.3) is 0 Å². The number of carboxylic acid groups (broad SMARTS) is 1. The van der Waals surface area contributed by atoms with Crippen LogP contribution in [0.1, 0.15) is 36.6 Å². The van der Waals surface area contributed by atoms with Gasteiger partial charge in [-0.1, -0.05) is 11.3 Å².